The minimum absolute atomic E-state index is 0.432. The Morgan fingerprint density at radius 1 is 1.54 bits per heavy atom. The first kappa shape index (κ1) is 9.68. The van der Waals surface area contributed by atoms with Crippen molar-refractivity contribution in [3.05, 3.63) is 15.5 Å². The standard InChI is InChI=1S/C8H10Br2N2O/c9-7-4-12(8(10)11-7)6-2-1-3-13-5-6/h4,6H,1-3,5H2. The molecule has 0 spiro atoms. The smallest absolute Gasteiger partial charge is 0.178 e. The fraction of sp³-hybridized carbons (Fsp3) is 0.625. The molecule has 1 aliphatic heterocycles. The van der Waals surface area contributed by atoms with Crippen LogP contribution in [0, 0.1) is 0 Å². The lowest BCUT2D eigenvalue weighted by atomic mass is 10.1. The highest BCUT2D eigenvalue weighted by atomic mass is 79.9. The third-order valence-electron chi connectivity index (χ3n) is 2.19. The van der Waals surface area contributed by atoms with E-state index in [0.29, 0.717) is 6.04 Å². The SMILES string of the molecule is Brc1cn(C2CCCOC2)c(Br)n1. The third-order valence-corrected chi connectivity index (χ3v) is 3.16. The van der Waals surface area contributed by atoms with Crippen LogP contribution in [0.4, 0.5) is 0 Å². The Balaban J connectivity index is 2.18. The van der Waals surface area contributed by atoms with E-state index < -0.39 is 0 Å². The van der Waals surface area contributed by atoms with Crippen molar-refractivity contribution in [1.82, 2.24) is 9.55 Å². The van der Waals surface area contributed by atoms with Crippen molar-refractivity contribution in [2.45, 2.75) is 18.9 Å². The molecule has 0 N–H and O–H groups in total. The number of rotatable bonds is 1. The molecule has 1 unspecified atom stereocenters. The van der Waals surface area contributed by atoms with Crippen LogP contribution in [0.5, 0.6) is 0 Å². The Bertz CT molecular complexity index is 294. The predicted molar refractivity (Wildman–Crippen MR) is 56.7 cm³/mol. The summed E-state index contributed by atoms with van der Waals surface area (Å²) in [5.41, 5.74) is 0. The maximum Gasteiger partial charge on any atom is 0.178 e. The molecule has 1 aliphatic rings. The molecule has 13 heavy (non-hydrogen) atoms. The van der Waals surface area contributed by atoms with Gasteiger partial charge in [-0.05, 0) is 44.7 Å². The Labute approximate surface area is 93.7 Å². The van der Waals surface area contributed by atoms with Gasteiger partial charge >= 0.3 is 0 Å². The summed E-state index contributed by atoms with van der Waals surface area (Å²) in [7, 11) is 0. The molecule has 5 heteroatoms. The second-order valence-corrected chi connectivity index (χ2v) is 4.63. The normalized spacial score (nSPS) is 23.4. The van der Waals surface area contributed by atoms with Crippen molar-refractivity contribution in [3.8, 4) is 0 Å². The number of nitrogens with zero attached hydrogens (tertiary/aromatic N) is 2. The molecule has 0 bridgehead atoms. The molecule has 2 heterocycles. The van der Waals surface area contributed by atoms with Gasteiger partial charge in [-0.2, -0.15) is 0 Å². The molecule has 3 nitrogen and oxygen atoms in total. The molecule has 0 aliphatic carbocycles. The molecule has 72 valence electrons. The highest BCUT2D eigenvalue weighted by Gasteiger charge is 2.18. The first-order chi connectivity index (χ1) is 6.27. The van der Waals surface area contributed by atoms with Crippen LogP contribution < -0.4 is 0 Å². The van der Waals surface area contributed by atoms with E-state index >= 15 is 0 Å². The van der Waals surface area contributed by atoms with Crippen molar-refractivity contribution in [2.75, 3.05) is 13.2 Å². The Kier molecular flexibility index (Phi) is 3.06. The zero-order chi connectivity index (χ0) is 9.26. The number of halogens is 2. The van der Waals surface area contributed by atoms with Crippen LogP contribution in [0.1, 0.15) is 18.9 Å². The summed E-state index contributed by atoms with van der Waals surface area (Å²) < 4.78 is 9.27. The molecule has 0 saturated carbocycles. The molecule has 1 aromatic rings. The maximum absolute atomic E-state index is 5.42. The summed E-state index contributed by atoms with van der Waals surface area (Å²) in [6.45, 7) is 1.69. The minimum atomic E-state index is 0.432. The van der Waals surface area contributed by atoms with E-state index in [1.807, 2.05) is 6.20 Å². The number of hydrogen-bond donors (Lipinski definition) is 0. The van der Waals surface area contributed by atoms with E-state index in [1.54, 1.807) is 0 Å². The summed E-state index contributed by atoms with van der Waals surface area (Å²) in [6, 6.07) is 0.432. The van der Waals surface area contributed by atoms with Crippen LogP contribution in [-0.2, 0) is 4.74 Å². The van der Waals surface area contributed by atoms with Crippen LogP contribution >= 0.6 is 31.9 Å². The van der Waals surface area contributed by atoms with Gasteiger partial charge in [0.05, 0.1) is 12.6 Å². The fourth-order valence-electron chi connectivity index (χ4n) is 1.54. The quantitative estimate of drug-likeness (QED) is 0.797. The van der Waals surface area contributed by atoms with Gasteiger partial charge in [0.2, 0.25) is 0 Å². The highest BCUT2D eigenvalue weighted by molar-refractivity contribution is 9.11. The Morgan fingerprint density at radius 3 is 2.92 bits per heavy atom. The first-order valence-electron chi connectivity index (χ1n) is 4.25. The van der Waals surface area contributed by atoms with Gasteiger partial charge in [0.15, 0.2) is 4.73 Å². The summed E-state index contributed by atoms with van der Waals surface area (Å²) in [4.78, 5) is 4.23. The van der Waals surface area contributed by atoms with Crippen molar-refractivity contribution in [2.24, 2.45) is 0 Å². The number of imidazole rings is 1. The predicted octanol–water partition coefficient (Wildman–Crippen LogP) is 2.76. The molecule has 1 atom stereocenters. The zero-order valence-corrected chi connectivity index (χ0v) is 10.2. The molecule has 0 aromatic carbocycles. The molecule has 0 radical (unpaired) electrons. The lowest BCUT2D eigenvalue weighted by Crippen LogP contribution is -2.20. The summed E-state index contributed by atoms with van der Waals surface area (Å²) in [6.07, 6.45) is 4.29. The van der Waals surface area contributed by atoms with E-state index in [2.05, 4.69) is 41.4 Å². The van der Waals surface area contributed by atoms with Gasteiger partial charge in [0, 0.05) is 12.8 Å². The topological polar surface area (TPSA) is 27.1 Å². The molecule has 1 saturated heterocycles. The van der Waals surface area contributed by atoms with Crippen molar-refractivity contribution in [1.29, 1.82) is 0 Å². The van der Waals surface area contributed by atoms with Crippen LogP contribution in [0.2, 0.25) is 0 Å². The second-order valence-electron chi connectivity index (χ2n) is 3.11. The molecule has 0 amide bonds. The molecule has 1 fully saturated rings. The van der Waals surface area contributed by atoms with Gasteiger partial charge in [0.25, 0.3) is 0 Å². The summed E-state index contributed by atoms with van der Waals surface area (Å²) in [5.74, 6) is 0. The average molecular weight is 310 g/mol. The van der Waals surface area contributed by atoms with Crippen LogP contribution in [0.25, 0.3) is 0 Å². The van der Waals surface area contributed by atoms with E-state index in [1.165, 1.54) is 6.42 Å². The van der Waals surface area contributed by atoms with Gasteiger partial charge in [-0.25, -0.2) is 4.98 Å². The van der Waals surface area contributed by atoms with Crippen molar-refractivity contribution < 1.29 is 4.74 Å². The Hall–Kier alpha value is 0.130. The second kappa shape index (κ2) is 4.11. The van der Waals surface area contributed by atoms with Crippen LogP contribution in [0.3, 0.4) is 0 Å². The zero-order valence-electron chi connectivity index (χ0n) is 7.04. The third kappa shape index (κ3) is 2.14. The van der Waals surface area contributed by atoms with E-state index in [0.717, 1.165) is 29.0 Å². The molecular formula is C8H10Br2N2O. The van der Waals surface area contributed by atoms with Gasteiger partial charge in [0.1, 0.15) is 4.60 Å². The fourth-order valence-corrected chi connectivity index (χ4v) is 2.75. The van der Waals surface area contributed by atoms with Gasteiger partial charge < -0.3 is 9.30 Å². The first-order valence-corrected chi connectivity index (χ1v) is 5.83. The number of aromatic nitrogens is 2. The van der Waals surface area contributed by atoms with Crippen molar-refractivity contribution in [3.63, 3.8) is 0 Å². The maximum atomic E-state index is 5.42. The monoisotopic (exact) mass is 308 g/mol. The molecule has 1 aromatic heterocycles. The van der Waals surface area contributed by atoms with Crippen LogP contribution in [0.15, 0.2) is 15.5 Å². The van der Waals surface area contributed by atoms with E-state index in [9.17, 15) is 0 Å². The average Bonchev–Trinajstić information content (AvgIpc) is 2.47. The van der Waals surface area contributed by atoms with E-state index in [4.69, 9.17) is 4.74 Å². The highest BCUT2D eigenvalue weighted by Crippen LogP contribution is 2.25. The van der Waals surface area contributed by atoms with Crippen molar-refractivity contribution >= 4 is 31.9 Å². The Morgan fingerprint density at radius 2 is 2.38 bits per heavy atom. The molecule has 2 rings (SSSR count). The van der Waals surface area contributed by atoms with Gasteiger partial charge in [-0.1, -0.05) is 0 Å². The largest absolute Gasteiger partial charge is 0.379 e. The lowest BCUT2D eigenvalue weighted by Gasteiger charge is -2.23. The minimum Gasteiger partial charge on any atom is -0.379 e. The summed E-state index contributed by atoms with van der Waals surface area (Å²) >= 11 is 6.77. The molecular weight excluding hydrogens is 300 g/mol. The number of hydrogen-bond acceptors (Lipinski definition) is 2. The van der Waals surface area contributed by atoms with E-state index in [-0.39, 0.29) is 0 Å². The van der Waals surface area contributed by atoms with Gasteiger partial charge in [-0.3, -0.25) is 0 Å². The lowest BCUT2D eigenvalue weighted by molar-refractivity contribution is 0.0584. The van der Waals surface area contributed by atoms with Gasteiger partial charge in [-0.15, -0.1) is 0 Å². The number of ether oxygens (including phenoxy) is 1. The van der Waals surface area contributed by atoms with Crippen LogP contribution in [-0.4, -0.2) is 22.8 Å². The summed E-state index contributed by atoms with van der Waals surface area (Å²) in [5, 5.41) is 0.